The van der Waals surface area contributed by atoms with Crippen LogP contribution in [-0.4, -0.2) is 65.5 Å². The van der Waals surface area contributed by atoms with Crippen LogP contribution in [0.4, 0.5) is 21.7 Å². The number of benzene rings is 1. The van der Waals surface area contributed by atoms with Crippen molar-refractivity contribution in [3.63, 3.8) is 0 Å². The molecule has 3 aliphatic heterocycles. The van der Waals surface area contributed by atoms with E-state index in [2.05, 4.69) is 36.8 Å². The minimum Gasteiger partial charge on any atom is -0.457 e. The fourth-order valence-electron chi connectivity index (χ4n) is 5.67. The van der Waals surface area contributed by atoms with Gasteiger partial charge < -0.3 is 19.9 Å². The Morgan fingerprint density at radius 2 is 1.98 bits per heavy atom. The summed E-state index contributed by atoms with van der Waals surface area (Å²) in [6, 6.07) is 10.9. The second-order valence-electron chi connectivity index (χ2n) is 10.2. The number of pyridine rings is 2. The van der Waals surface area contributed by atoms with Crippen molar-refractivity contribution in [2.45, 2.75) is 31.8 Å². The predicted molar refractivity (Wildman–Crippen MR) is 151 cm³/mol. The van der Waals surface area contributed by atoms with Gasteiger partial charge in [0.25, 0.3) is 0 Å². The number of rotatable bonds is 6. The van der Waals surface area contributed by atoms with Crippen molar-refractivity contribution in [3.05, 3.63) is 79.3 Å². The second kappa shape index (κ2) is 9.81. The monoisotopic (exact) mass is 551 g/mol. The van der Waals surface area contributed by atoms with Crippen molar-refractivity contribution in [3.8, 4) is 11.5 Å². The third-order valence-corrected chi connectivity index (χ3v) is 7.82. The van der Waals surface area contributed by atoms with Crippen LogP contribution in [0.5, 0.6) is 11.5 Å². The Balaban J connectivity index is 1.15. The summed E-state index contributed by atoms with van der Waals surface area (Å²) in [6.07, 6.45) is 7.93. The van der Waals surface area contributed by atoms with E-state index in [1.807, 2.05) is 17.0 Å². The summed E-state index contributed by atoms with van der Waals surface area (Å²) < 4.78 is 23.2. The minimum atomic E-state index is -0.464. The Labute approximate surface area is 234 Å². The molecule has 0 saturated carbocycles. The van der Waals surface area contributed by atoms with Gasteiger partial charge in [-0.25, -0.2) is 28.8 Å². The lowest BCUT2D eigenvalue weighted by molar-refractivity contribution is -0.131. The molecule has 3 aliphatic rings. The molecule has 0 aliphatic carbocycles. The Kier molecular flexibility index (Phi) is 5.95. The van der Waals surface area contributed by atoms with Gasteiger partial charge >= 0.3 is 0 Å². The number of hydrogen-bond donors (Lipinski definition) is 1. The Morgan fingerprint density at radius 3 is 2.80 bits per heavy atom. The molecule has 12 heteroatoms. The van der Waals surface area contributed by atoms with E-state index in [1.54, 1.807) is 41.9 Å². The standard InChI is InChI=1S/C29H26FN9O2/c1-3-26(40)38-14-18-4-5-19(38)13-37(18)24-9-7-22-28(36-24)29(33-15-31-22)35-21-6-8-23(17(2)27(21)30)41-20-10-11-39-25(12-20)32-16-34-39/h3,6-12,15-16,18-19H,1,4-5,13-14H2,2H3,(H,31,33,35)/t18?,19-/m1/s1. The van der Waals surface area contributed by atoms with Gasteiger partial charge in [0.1, 0.15) is 35.5 Å². The van der Waals surface area contributed by atoms with Gasteiger partial charge in [-0.2, -0.15) is 5.10 Å². The first kappa shape index (κ1) is 24.9. The Bertz CT molecular complexity index is 1820. The van der Waals surface area contributed by atoms with E-state index in [0.29, 0.717) is 52.7 Å². The molecule has 4 aromatic heterocycles. The summed E-state index contributed by atoms with van der Waals surface area (Å²) >= 11 is 0. The predicted octanol–water partition coefficient (Wildman–Crippen LogP) is 4.42. The van der Waals surface area contributed by atoms with Gasteiger partial charge in [0.2, 0.25) is 5.91 Å². The largest absolute Gasteiger partial charge is 0.457 e. The maximum atomic E-state index is 15.6. The van der Waals surface area contributed by atoms with E-state index in [-0.39, 0.29) is 23.7 Å². The number of fused-ring (bicyclic) bond motifs is 5. The lowest BCUT2D eigenvalue weighted by atomic mass is 9.90. The molecule has 41 heavy (non-hydrogen) atoms. The van der Waals surface area contributed by atoms with Gasteiger partial charge in [-0.05, 0) is 56.2 Å². The van der Waals surface area contributed by atoms with Crippen LogP contribution in [0.1, 0.15) is 18.4 Å². The van der Waals surface area contributed by atoms with Gasteiger partial charge in [0.05, 0.1) is 11.2 Å². The van der Waals surface area contributed by atoms with Crippen LogP contribution in [0, 0.1) is 12.7 Å². The number of aromatic nitrogens is 6. The lowest BCUT2D eigenvalue weighted by Gasteiger charge is -2.51. The number of nitrogens with zero attached hydrogens (tertiary/aromatic N) is 8. The zero-order chi connectivity index (χ0) is 28.1. The Morgan fingerprint density at radius 1 is 1.10 bits per heavy atom. The average Bonchev–Trinajstić information content (AvgIpc) is 3.48. The molecule has 2 atom stereocenters. The van der Waals surface area contributed by atoms with E-state index < -0.39 is 5.82 Å². The molecule has 3 saturated heterocycles. The molecule has 8 rings (SSSR count). The molecule has 1 N–H and O–H groups in total. The summed E-state index contributed by atoms with van der Waals surface area (Å²) in [5, 5.41) is 7.19. The van der Waals surface area contributed by atoms with Crippen LogP contribution in [0.2, 0.25) is 0 Å². The quantitative estimate of drug-likeness (QED) is 0.307. The average molecular weight is 552 g/mol. The molecule has 0 spiro atoms. The summed E-state index contributed by atoms with van der Waals surface area (Å²) in [4.78, 5) is 34.3. The highest BCUT2D eigenvalue weighted by atomic mass is 19.1. The second-order valence-corrected chi connectivity index (χ2v) is 10.2. The fraction of sp³-hybridized carbons (Fsp3) is 0.241. The number of anilines is 3. The van der Waals surface area contributed by atoms with Gasteiger partial charge in [-0.15, -0.1) is 0 Å². The van der Waals surface area contributed by atoms with Crippen molar-refractivity contribution in [2.24, 2.45) is 0 Å². The molecule has 11 nitrogen and oxygen atoms in total. The maximum Gasteiger partial charge on any atom is 0.246 e. The van der Waals surface area contributed by atoms with Crippen molar-refractivity contribution >= 4 is 39.9 Å². The van der Waals surface area contributed by atoms with Crippen LogP contribution < -0.4 is 15.0 Å². The molecule has 3 fully saturated rings. The SMILES string of the molecule is C=CC(=O)N1CC2CC[C@@H]1CN2c1ccc2ncnc(Nc3ccc(Oc4ccn5ncnc5c4)c(C)c3F)c2n1. The number of piperazine rings is 1. The summed E-state index contributed by atoms with van der Waals surface area (Å²) in [5.74, 6) is 1.59. The molecule has 1 amide bonds. The number of piperidine rings is 2. The highest BCUT2D eigenvalue weighted by Crippen LogP contribution is 2.35. The van der Waals surface area contributed by atoms with Crippen LogP contribution in [-0.2, 0) is 4.79 Å². The molecule has 1 unspecified atom stereocenters. The number of halogens is 1. The maximum absolute atomic E-state index is 15.6. The molecular formula is C29H26FN9O2. The van der Waals surface area contributed by atoms with Gasteiger partial charge in [0, 0.05) is 43.0 Å². The number of ether oxygens (including phenoxy) is 1. The first-order chi connectivity index (χ1) is 20.0. The minimum absolute atomic E-state index is 0.0316. The van der Waals surface area contributed by atoms with Gasteiger partial charge in [-0.3, -0.25) is 4.79 Å². The summed E-state index contributed by atoms with van der Waals surface area (Å²) in [5.41, 5.74) is 2.38. The first-order valence-electron chi connectivity index (χ1n) is 13.3. The molecule has 0 radical (unpaired) electrons. The zero-order valence-electron chi connectivity index (χ0n) is 22.2. The normalized spacial score (nSPS) is 18.2. The van der Waals surface area contributed by atoms with E-state index >= 15 is 4.39 Å². The first-order valence-corrected chi connectivity index (χ1v) is 13.3. The third kappa shape index (κ3) is 4.37. The molecule has 7 heterocycles. The number of hydrogen-bond acceptors (Lipinski definition) is 9. The number of amides is 1. The van der Waals surface area contributed by atoms with Crippen molar-refractivity contribution < 1.29 is 13.9 Å². The third-order valence-electron chi connectivity index (χ3n) is 7.82. The summed E-state index contributed by atoms with van der Waals surface area (Å²) in [7, 11) is 0. The Hall–Kier alpha value is -5.13. The molecule has 1 aromatic carbocycles. The van der Waals surface area contributed by atoms with Crippen LogP contribution in [0.25, 0.3) is 16.7 Å². The number of carbonyl (C=O) groups is 1. The summed E-state index contributed by atoms with van der Waals surface area (Å²) in [6.45, 7) is 6.63. The van der Waals surface area contributed by atoms with E-state index in [9.17, 15) is 4.79 Å². The van der Waals surface area contributed by atoms with E-state index in [1.165, 1.54) is 18.7 Å². The zero-order valence-corrected chi connectivity index (χ0v) is 22.2. The molecule has 2 bridgehead atoms. The highest BCUT2D eigenvalue weighted by Gasteiger charge is 2.41. The van der Waals surface area contributed by atoms with Gasteiger partial charge in [0.15, 0.2) is 17.3 Å². The van der Waals surface area contributed by atoms with E-state index in [0.717, 1.165) is 18.7 Å². The highest BCUT2D eigenvalue weighted by molar-refractivity contribution is 5.89. The van der Waals surface area contributed by atoms with Crippen molar-refractivity contribution in [1.82, 2.24) is 34.4 Å². The smallest absolute Gasteiger partial charge is 0.246 e. The van der Waals surface area contributed by atoms with Crippen molar-refractivity contribution in [1.29, 1.82) is 0 Å². The van der Waals surface area contributed by atoms with Crippen LogP contribution in [0.15, 0.2) is 67.9 Å². The molecular weight excluding hydrogens is 525 g/mol. The number of nitrogens with one attached hydrogen (secondary N) is 1. The van der Waals surface area contributed by atoms with E-state index in [4.69, 9.17) is 9.72 Å². The topological polar surface area (TPSA) is 114 Å². The lowest BCUT2D eigenvalue weighted by Crippen LogP contribution is -2.64. The van der Waals surface area contributed by atoms with Crippen LogP contribution in [0.3, 0.4) is 0 Å². The van der Waals surface area contributed by atoms with Gasteiger partial charge in [-0.1, -0.05) is 6.58 Å². The number of carbonyl (C=O) groups excluding carboxylic acids is 1. The van der Waals surface area contributed by atoms with Crippen LogP contribution >= 0.6 is 0 Å². The van der Waals surface area contributed by atoms with Crippen molar-refractivity contribution in [2.75, 3.05) is 23.3 Å². The fourth-order valence-corrected chi connectivity index (χ4v) is 5.67. The molecule has 206 valence electrons. The molecule has 5 aromatic rings.